The molecule has 0 aliphatic carbocycles. The van der Waals surface area contributed by atoms with Gasteiger partial charge in [-0.25, -0.2) is 9.97 Å². The van der Waals surface area contributed by atoms with Crippen LogP contribution in [0.25, 0.3) is 10.9 Å². The second-order valence-electron chi connectivity index (χ2n) is 7.62. The summed E-state index contributed by atoms with van der Waals surface area (Å²) >= 11 is 0. The molecule has 0 spiro atoms. The van der Waals surface area contributed by atoms with Gasteiger partial charge in [0.15, 0.2) is 0 Å². The van der Waals surface area contributed by atoms with E-state index < -0.39 is 11.9 Å². The minimum Gasteiger partial charge on any atom is -0.456 e. The number of hydrogen-bond acceptors (Lipinski definition) is 5. The molecule has 7 nitrogen and oxygen atoms in total. The molecule has 2 aromatic heterocycles. The number of alkyl halides is 3. The van der Waals surface area contributed by atoms with Crippen LogP contribution >= 0.6 is 0 Å². The molecule has 172 valence electrons. The van der Waals surface area contributed by atoms with E-state index in [4.69, 9.17) is 4.74 Å². The van der Waals surface area contributed by atoms with Crippen molar-refractivity contribution in [1.82, 2.24) is 20.2 Å². The first-order valence-corrected chi connectivity index (χ1v) is 10.5. The van der Waals surface area contributed by atoms with E-state index in [0.717, 1.165) is 38.2 Å². The van der Waals surface area contributed by atoms with Crippen LogP contribution in [0.15, 0.2) is 48.7 Å². The lowest BCUT2D eigenvalue weighted by molar-refractivity contribution is -0.141. The molecule has 1 saturated heterocycles. The summed E-state index contributed by atoms with van der Waals surface area (Å²) in [4.78, 5) is 34.0. The Hall–Kier alpha value is -3.69. The van der Waals surface area contributed by atoms with Gasteiger partial charge in [-0.1, -0.05) is 6.07 Å². The Morgan fingerprint density at radius 3 is 2.48 bits per heavy atom. The van der Waals surface area contributed by atoms with Crippen LogP contribution in [0.5, 0.6) is 11.5 Å². The van der Waals surface area contributed by atoms with Gasteiger partial charge in [0.25, 0.3) is 5.91 Å². The van der Waals surface area contributed by atoms with Crippen LogP contribution in [0, 0.1) is 0 Å². The fourth-order valence-corrected chi connectivity index (χ4v) is 3.54. The first-order valence-electron chi connectivity index (χ1n) is 10.5. The van der Waals surface area contributed by atoms with Crippen LogP contribution in [0.2, 0.25) is 0 Å². The second kappa shape index (κ2) is 9.43. The summed E-state index contributed by atoms with van der Waals surface area (Å²) in [6.45, 7) is 1.79. The van der Waals surface area contributed by atoms with Gasteiger partial charge in [-0.15, -0.1) is 0 Å². The molecular weight excluding hydrogens is 437 g/mol. The average Bonchev–Trinajstić information content (AvgIpc) is 3.33. The van der Waals surface area contributed by atoms with Gasteiger partial charge in [0.2, 0.25) is 5.91 Å². The maximum Gasteiger partial charge on any atom is 0.433 e. The number of rotatable bonds is 6. The Bertz CT molecular complexity index is 1160. The molecule has 0 saturated carbocycles. The number of benzene rings is 1. The third-order valence-electron chi connectivity index (χ3n) is 5.24. The Kier molecular flexibility index (Phi) is 6.43. The summed E-state index contributed by atoms with van der Waals surface area (Å²) in [7, 11) is 0. The number of aromatic nitrogens is 2. The zero-order chi connectivity index (χ0) is 23.4. The largest absolute Gasteiger partial charge is 0.456 e. The standard InChI is InChI=1S/C23H21F3N4O3/c24-23(25,26)20-8-5-17(14-28-20)33-16-4-7-18-15(13-16)3-6-19(29-18)22(32)27-10-9-21(31)30-11-1-2-12-30/h3-8,13-14H,1-2,9-12H2,(H,27,32). The van der Waals surface area contributed by atoms with Crippen LogP contribution in [0.1, 0.15) is 35.4 Å². The lowest BCUT2D eigenvalue weighted by Crippen LogP contribution is -2.32. The number of nitrogens with one attached hydrogen (secondary N) is 1. The molecule has 0 unspecified atom stereocenters. The second-order valence-corrected chi connectivity index (χ2v) is 7.62. The van der Waals surface area contributed by atoms with Crippen molar-refractivity contribution in [2.45, 2.75) is 25.4 Å². The highest BCUT2D eigenvalue weighted by molar-refractivity contribution is 5.95. The van der Waals surface area contributed by atoms with Crippen LogP contribution in [0.3, 0.4) is 0 Å². The van der Waals surface area contributed by atoms with Gasteiger partial charge in [0.1, 0.15) is 22.9 Å². The quantitative estimate of drug-likeness (QED) is 0.599. The molecule has 4 rings (SSSR count). The van der Waals surface area contributed by atoms with Crippen LogP contribution in [-0.2, 0) is 11.0 Å². The van der Waals surface area contributed by atoms with Gasteiger partial charge in [-0.05, 0) is 49.2 Å². The number of pyridine rings is 2. The number of likely N-dealkylation sites (tertiary alicyclic amines) is 1. The molecule has 3 heterocycles. The fraction of sp³-hybridized carbons (Fsp3) is 0.304. The first-order chi connectivity index (χ1) is 15.8. The monoisotopic (exact) mass is 458 g/mol. The molecule has 0 bridgehead atoms. The number of carbonyl (C=O) groups is 2. The Labute approximate surface area is 187 Å². The van der Waals surface area contributed by atoms with Crippen molar-refractivity contribution in [3.05, 3.63) is 60.0 Å². The summed E-state index contributed by atoms with van der Waals surface area (Å²) < 4.78 is 43.4. The van der Waals surface area contributed by atoms with Gasteiger partial charge in [-0.2, -0.15) is 13.2 Å². The van der Waals surface area contributed by atoms with E-state index in [2.05, 4.69) is 15.3 Å². The minimum absolute atomic E-state index is 0.0371. The molecule has 1 aromatic carbocycles. The molecule has 1 fully saturated rings. The van der Waals surface area contributed by atoms with Crippen molar-refractivity contribution in [1.29, 1.82) is 0 Å². The van der Waals surface area contributed by atoms with Crippen LogP contribution in [0.4, 0.5) is 13.2 Å². The van der Waals surface area contributed by atoms with Crippen molar-refractivity contribution in [3.63, 3.8) is 0 Å². The topological polar surface area (TPSA) is 84.4 Å². The van der Waals surface area contributed by atoms with E-state index in [9.17, 15) is 22.8 Å². The van der Waals surface area contributed by atoms with Crippen molar-refractivity contribution in [2.75, 3.05) is 19.6 Å². The SMILES string of the molecule is O=C(NCCC(=O)N1CCCC1)c1ccc2cc(Oc3ccc(C(F)(F)F)nc3)ccc2n1. The normalized spacial score (nSPS) is 13.8. The number of ether oxygens (including phenoxy) is 1. The molecule has 10 heteroatoms. The molecule has 1 aliphatic rings. The van der Waals surface area contributed by atoms with Crippen molar-refractivity contribution in [3.8, 4) is 11.5 Å². The van der Waals surface area contributed by atoms with Gasteiger partial charge in [-0.3, -0.25) is 9.59 Å². The van der Waals surface area contributed by atoms with Crippen LogP contribution < -0.4 is 10.1 Å². The lowest BCUT2D eigenvalue weighted by Gasteiger charge is -2.15. The van der Waals surface area contributed by atoms with E-state index in [1.807, 2.05) is 0 Å². The maximum atomic E-state index is 12.6. The third-order valence-corrected chi connectivity index (χ3v) is 5.24. The number of nitrogens with zero attached hydrogens (tertiary/aromatic N) is 3. The number of amides is 2. The summed E-state index contributed by atoms with van der Waals surface area (Å²) in [5.41, 5.74) is -0.228. The summed E-state index contributed by atoms with van der Waals surface area (Å²) in [6, 6.07) is 10.2. The van der Waals surface area contributed by atoms with Crippen molar-refractivity contribution >= 4 is 22.7 Å². The molecule has 2 amide bonds. The molecule has 0 radical (unpaired) electrons. The number of carbonyl (C=O) groups excluding carboxylic acids is 2. The van der Waals surface area contributed by atoms with Gasteiger partial charge in [0.05, 0.1) is 11.7 Å². The first kappa shape index (κ1) is 22.5. The lowest BCUT2D eigenvalue weighted by atomic mass is 10.2. The smallest absolute Gasteiger partial charge is 0.433 e. The van der Waals surface area contributed by atoms with Gasteiger partial charge < -0.3 is 15.0 Å². The Morgan fingerprint density at radius 2 is 1.79 bits per heavy atom. The molecule has 3 aromatic rings. The molecular formula is C23H21F3N4O3. The highest BCUT2D eigenvalue weighted by Gasteiger charge is 2.32. The molecule has 0 atom stereocenters. The predicted molar refractivity (Wildman–Crippen MR) is 114 cm³/mol. The van der Waals surface area contributed by atoms with E-state index in [-0.39, 0.29) is 36.2 Å². The Balaban J connectivity index is 1.37. The van der Waals surface area contributed by atoms with E-state index in [1.165, 1.54) is 6.07 Å². The third kappa shape index (κ3) is 5.57. The van der Waals surface area contributed by atoms with Crippen molar-refractivity contribution in [2.24, 2.45) is 0 Å². The number of fused-ring (bicyclic) bond motifs is 1. The summed E-state index contributed by atoms with van der Waals surface area (Å²) in [5, 5.41) is 3.40. The predicted octanol–water partition coefficient (Wildman–Crippen LogP) is 4.18. The minimum atomic E-state index is -4.51. The van der Waals surface area contributed by atoms with E-state index >= 15 is 0 Å². The van der Waals surface area contributed by atoms with Gasteiger partial charge >= 0.3 is 6.18 Å². The zero-order valence-electron chi connectivity index (χ0n) is 17.6. The molecule has 1 N–H and O–H groups in total. The summed E-state index contributed by atoms with van der Waals surface area (Å²) in [6.07, 6.45) is -1.22. The van der Waals surface area contributed by atoms with Crippen LogP contribution in [-0.4, -0.2) is 46.3 Å². The fourth-order valence-electron chi connectivity index (χ4n) is 3.54. The zero-order valence-corrected chi connectivity index (χ0v) is 17.6. The summed E-state index contributed by atoms with van der Waals surface area (Å²) in [5.74, 6) is 0.218. The molecule has 33 heavy (non-hydrogen) atoms. The van der Waals surface area contributed by atoms with Gasteiger partial charge in [0, 0.05) is 31.4 Å². The average molecular weight is 458 g/mol. The Morgan fingerprint density at radius 1 is 1.03 bits per heavy atom. The van der Waals surface area contributed by atoms with E-state index in [1.54, 1.807) is 35.2 Å². The maximum absolute atomic E-state index is 12.6. The van der Waals surface area contributed by atoms with Crippen molar-refractivity contribution < 1.29 is 27.5 Å². The molecule has 1 aliphatic heterocycles. The highest BCUT2D eigenvalue weighted by Crippen LogP contribution is 2.30. The number of hydrogen-bond donors (Lipinski definition) is 1. The highest BCUT2D eigenvalue weighted by atomic mass is 19.4. The van der Waals surface area contributed by atoms with E-state index in [0.29, 0.717) is 16.7 Å². The number of halogens is 3.